The first-order valence-corrected chi connectivity index (χ1v) is 4.79. The van der Waals surface area contributed by atoms with E-state index in [-0.39, 0.29) is 17.6 Å². The topological polar surface area (TPSA) is 38.5 Å². The molecule has 2 N–H and O–H groups in total. The maximum atomic E-state index is 13.8. The molecule has 1 rings (SSSR count). The molecule has 84 valence electrons. The SMILES string of the molecule is COc1cccc(C(N)CN(C)C)c1F. The monoisotopic (exact) mass is 212 g/mol. The summed E-state index contributed by atoms with van der Waals surface area (Å²) in [6, 6.07) is 4.68. The first-order chi connectivity index (χ1) is 7.06. The van der Waals surface area contributed by atoms with Crippen LogP contribution < -0.4 is 10.5 Å². The van der Waals surface area contributed by atoms with E-state index in [1.807, 2.05) is 19.0 Å². The predicted molar refractivity (Wildman–Crippen MR) is 58.4 cm³/mol. The van der Waals surface area contributed by atoms with E-state index in [0.29, 0.717) is 12.1 Å². The van der Waals surface area contributed by atoms with Crippen molar-refractivity contribution in [1.82, 2.24) is 4.90 Å². The minimum Gasteiger partial charge on any atom is -0.494 e. The highest BCUT2D eigenvalue weighted by Gasteiger charge is 2.15. The normalized spacial score (nSPS) is 12.9. The average Bonchev–Trinajstić information content (AvgIpc) is 2.17. The Labute approximate surface area is 89.6 Å². The van der Waals surface area contributed by atoms with Crippen LogP contribution in [-0.4, -0.2) is 32.6 Å². The molecule has 0 aliphatic rings. The molecule has 0 fully saturated rings. The van der Waals surface area contributed by atoms with Gasteiger partial charge in [0.25, 0.3) is 0 Å². The molecule has 0 saturated carbocycles. The molecular weight excluding hydrogens is 195 g/mol. The third kappa shape index (κ3) is 2.91. The second kappa shape index (κ2) is 5.09. The van der Waals surface area contributed by atoms with E-state index in [9.17, 15) is 4.39 Å². The molecule has 1 atom stereocenters. The van der Waals surface area contributed by atoms with Gasteiger partial charge in [0.15, 0.2) is 11.6 Å². The number of hydrogen-bond donors (Lipinski definition) is 1. The van der Waals surface area contributed by atoms with Gasteiger partial charge in [-0.05, 0) is 20.2 Å². The van der Waals surface area contributed by atoms with Gasteiger partial charge in [-0.15, -0.1) is 0 Å². The Kier molecular flexibility index (Phi) is 4.05. The van der Waals surface area contributed by atoms with E-state index in [1.54, 1.807) is 18.2 Å². The molecule has 0 aliphatic carbocycles. The summed E-state index contributed by atoms with van der Waals surface area (Å²) in [5.74, 6) is -0.129. The first kappa shape index (κ1) is 11.9. The number of halogens is 1. The van der Waals surface area contributed by atoms with Crippen molar-refractivity contribution in [3.63, 3.8) is 0 Å². The van der Waals surface area contributed by atoms with Crippen molar-refractivity contribution in [3.8, 4) is 5.75 Å². The molecule has 0 aliphatic heterocycles. The molecule has 0 amide bonds. The molecule has 1 aromatic rings. The van der Waals surface area contributed by atoms with Crippen LogP contribution in [0.3, 0.4) is 0 Å². The Morgan fingerprint density at radius 2 is 2.13 bits per heavy atom. The third-order valence-corrected chi connectivity index (χ3v) is 2.17. The van der Waals surface area contributed by atoms with E-state index in [1.165, 1.54) is 7.11 Å². The Morgan fingerprint density at radius 1 is 1.47 bits per heavy atom. The van der Waals surface area contributed by atoms with Crippen molar-refractivity contribution in [1.29, 1.82) is 0 Å². The molecule has 4 heteroatoms. The lowest BCUT2D eigenvalue weighted by molar-refractivity contribution is 0.359. The van der Waals surface area contributed by atoms with Crippen LogP contribution in [0.15, 0.2) is 18.2 Å². The predicted octanol–water partition coefficient (Wildman–Crippen LogP) is 1.40. The summed E-state index contributed by atoms with van der Waals surface area (Å²) in [6.07, 6.45) is 0. The van der Waals surface area contributed by atoms with Crippen LogP contribution in [0.4, 0.5) is 4.39 Å². The van der Waals surface area contributed by atoms with Gasteiger partial charge in [-0.3, -0.25) is 0 Å². The molecule has 15 heavy (non-hydrogen) atoms. The zero-order valence-corrected chi connectivity index (χ0v) is 9.33. The number of hydrogen-bond acceptors (Lipinski definition) is 3. The van der Waals surface area contributed by atoms with Gasteiger partial charge in [-0.25, -0.2) is 4.39 Å². The van der Waals surface area contributed by atoms with Crippen molar-refractivity contribution in [2.45, 2.75) is 6.04 Å². The highest BCUT2D eigenvalue weighted by molar-refractivity contribution is 5.33. The van der Waals surface area contributed by atoms with Crippen molar-refractivity contribution in [2.75, 3.05) is 27.7 Å². The number of nitrogens with zero attached hydrogens (tertiary/aromatic N) is 1. The van der Waals surface area contributed by atoms with E-state index in [2.05, 4.69) is 0 Å². The quantitative estimate of drug-likeness (QED) is 0.819. The summed E-state index contributed by atoms with van der Waals surface area (Å²) in [7, 11) is 5.25. The molecule has 1 unspecified atom stereocenters. The van der Waals surface area contributed by atoms with Crippen LogP contribution in [-0.2, 0) is 0 Å². The minimum absolute atomic E-state index is 0.238. The molecule has 1 aromatic carbocycles. The van der Waals surface area contributed by atoms with Gasteiger partial charge in [0.2, 0.25) is 0 Å². The van der Waals surface area contributed by atoms with Gasteiger partial charge in [-0.1, -0.05) is 12.1 Å². The fourth-order valence-electron chi connectivity index (χ4n) is 1.46. The minimum atomic E-state index is -0.366. The van der Waals surface area contributed by atoms with E-state index < -0.39 is 0 Å². The molecular formula is C11H17FN2O. The number of ether oxygens (including phenoxy) is 1. The number of benzene rings is 1. The fourth-order valence-corrected chi connectivity index (χ4v) is 1.46. The van der Waals surface area contributed by atoms with Gasteiger partial charge in [0.05, 0.1) is 7.11 Å². The Morgan fingerprint density at radius 3 is 2.67 bits per heavy atom. The zero-order valence-electron chi connectivity index (χ0n) is 9.33. The van der Waals surface area contributed by atoms with Gasteiger partial charge < -0.3 is 15.4 Å². The lowest BCUT2D eigenvalue weighted by atomic mass is 10.1. The van der Waals surface area contributed by atoms with Crippen LogP contribution >= 0.6 is 0 Å². The maximum Gasteiger partial charge on any atom is 0.169 e. The summed E-state index contributed by atoms with van der Waals surface area (Å²) in [6.45, 7) is 0.601. The van der Waals surface area contributed by atoms with Crippen LogP contribution in [0.1, 0.15) is 11.6 Å². The van der Waals surface area contributed by atoms with Crippen LogP contribution in [0, 0.1) is 5.82 Å². The van der Waals surface area contributed by atoms with Gasteiger partial charge in [0, 0.05) is 18.2 Å². The number of rotatable bonds is 4. The van der Waals surface area contributed by atoms with E-state index in [0.717, 1.165) is 0 Å². The Bertz CT molecular complexity index is 328. The summed E-state index contributed by atoms with van der Waals surface area (Å²) >= 11 is 0. The zero-order chi connectivity index (χ0) is 11.4. The van der Waals surface area contributed by atoms with Gasteiger partial charge >= 0.3 is 0 Å². The Hall–Kier alpha value is -1.13. The molecule has 0 spiro atoms. The van der Waals surface area contributed by atoms with Gasteiger partial charge in [-0.2, -0.15) is 0 Å². The van der Waals surface area contributed by atoms with E-state index >= 15 is 0 Å². The molecule has 0 radical (unpaired) electrons. The summed E-state index contributed by atoms with van der Waals surface area (Å²) < 4.78 is 18.6. The number of nitrogens with two attached hydrogens (primary N) is 1. The van der Waals surface area contributed by atoms with Crippen LogP contribution in [0.5, 0.6) is 5.75 Å². The molecule has 0 aromatic heterocycles. The number of likely N-dealkylation sites (N-methyl/N-ethyl adjacent to an activating group) is 1. The van der Waals surface area contributed by atoms with Crippen LogP contribution in [0.25, 0.3) is 0 Å². The lowest BCUT2D eigenvalue weighted by Gasteiger charge is -2.18. The van der Waals surface area contributed by atoms with Crippen molar-refractivity contribution < 1.29 is 9.13 Å². The average molecular weight is 212 g/mol. The van der Waals surface area contributed by atoms with Crippen molar-refractivity contribution >= 4 is 0 Å². The molecule has 0 bridgehead atoms. The van der Waals surface area contributed by atoms with Crippen LogP contribution in [0.2, 0.25) is 0 Å². The summed E-state index contributed by atoms with van der Waals surface area (Å²) in [5, 5.41) is 0. The van der Waals surface area contributed by atoms with Gasteiger partial charge in [0.1, 0.15) is 0 Å². The third-order valence-electron chi connectivity index (χ3n) is 2.17. The highest BCUT2D eigenvalue weighted by atomic mass is 19.1. The smallest absolute Gasteiger partial charge is 0.169 e. The summed E-state index contributed by atoms with van der Waals surface area (Å²) in [4.78, 5) is 1.92. The second-order valence-corrected chi connectivity index (χ2v) is 3.73. The standard InChI is InChI=1S/C11H17FN2O/c1-14(2)7-9(13)8-5-4-6-10(15-3)11(8)12/h4-6,9H,7,13H2,1-3H3. The first-order valence-electron chi connectivity index (χ1n) is 4.79. The summed E-state index contributed by atoms with van der Waals surface area (Å²) in [5.41, 5.74) is 6.37. The van der Waals surface area contributed by atoms with Crippen molar-refractivity contribution in [2.24, 2.45) is 5.73 Å². The lowest BCUT2D eigenvalue weighted by Crippen LogP contribution is -2.26. The number of methoxy groups -OCH3 is 1. The Balaban J connectivity index is 2.93. The molecule has 0 heterocycles. The maximum absolute atomic E-state index is 13.8. The highest BCUT2D eigenvalue weighted by Crippen LogP contribution is 2.23. The second-order valence-electron chi connectivity index (χ2n) is 3.73. The molecule has 0 saturated heterocycles. The van der Waals surface area contributed by atoms with Crippen molar-refractivity contribution in [3.05, 3.63) is 29.6 Å². The molecule has 3 nitrogen and oxygen atoms in total. The largest absolute Gasteiger partial charge is 0.494 e. The van der Waals surface area contributed by atoms with E-state index in [4.69, 9.17) is 10.5 Å². The fraction of sp³-hybridized carbons (Fsp3) is 0.455.